The van der Waals surface area contributed by atoms with Crippen LogP contribution in [-0.2, 0) is 46.2 Å². The predicted octanol–water partition coefficient (Wildman–Crippen LogP) is 6.90. The van der Waals surface area contributed by atoms with Crippen LogP contribution in [0.4, 0.5) is 10.5 Å². The fraction of sp³-hybridized carbons (Fsp3) is 0.561. The van der Waals surface area contributed by atoms with Crippen LogP contribution >= 0.6 is 0 Å². The number of carbonyl (C=O) groups excluding carboxylic acids is 5. The number of amides is 2. The largest absolute Gasteiger partial charge is 0.504 e. The molecule has 15 heteroatoms. The van der Waals surface area contributed by atoms with Crippen LogP contribution in [0.2, 0.25) is 0 Å². The fourth-order valence-corrected chi connectivity index (χ4v) is 5.14. The van der Waals surface area contributed by atoms with Crippen molar-refractivity contribution in [3.63, 3.8) is 0 Å². The van der Waals surface area contributed by atoms with Crippen LogP contribution in [0.3, 0.4) is 0 Å². The van der Waals surface area contributed by atoms with Gasteiger partial charge in [0.15, 0.2) is 11.5 Å². The van der Waals surface area contributed by atoms with Crippen LogP contribution in [0, 0.1) is 0 Å². The smallest absolute Gasteiger partial charge is 0.412 e. The first-order valence-corrected chi connectivity index (χ1v) is 18.3. The molecule has 56 heavy (non-hydrogen) atoms. The molecule has 0 radical (unpaired) electrons. The summed E-state index contributed by atoms with van der Waals surface area (Å²) >= 11 is 0. The zero-order valence-electron chi connectivity index (χ0n) is 34.6. The lowest BCUT2D eigenvalue weighted by Gasteiger charge is -2.26. The number of carboxylic acid groups (broad SMARTS) is 1. The molecule has 0 aliphatic carbocycles. The Kier molecular flexibility index (Phi) is 15.9. The normalized spacial score (nSPS) is 12.5. The molecule has 0 aliphatic rings. The van der Waals surface area contributed by atoms with Crippen molar-refractivity contribution in [3.8, 4) is 11.5 Å². The number of hydrogen-bond donors (Lipinski definition) is 4. The third-order valence-electron chi connectivity index (χ3n) is 7.07. The first kappa shape index (κ1) is 46.8. The van der Waals surface area contributed by atoms with Gasteiger partial charge in [-0.2, -0.15) is 0 Å². The van der Waals surface area contributed by atoms with Crippen molar-refractivity contribution in [1.29, 1.82) is 0 Å². The van der Waals surface area contributed by atoms with Crippen LogP contribution in [0.1, 0.15) is 134 Å². The van der Waals surface area contributed by atoms with Crippen LogP contribution in [0.25, 0.3) is 0 Å². The van der Waals surface area contributed by atoms with E-state index in [0.29, 0.717) is 11.3 Å². The highest BCUT2D eigenvalue weighted by atomic mass is 16.6. The first-order valence-electron chi connectivity index (χ1n) is 18.3. The molecular formula is C41H58N2O13. The summed E-state index contributed by atoms with van der Waals surface area (Å²) in [6, 6.07) is 5.50. The van der Waals surface area contributed by atoms with Gasteiger partial charge >= 0.3 is 30.0 Å². The molecule has 2 amide bonds. The monoisotopic (exact) mass is 786 g/mol. The van der Waals surface area contributed by atoms with E-state index in [1.807, 2.05) is 0 Å². The quantitative estimate of drug-likeness (QED) is 0.0823. The molecule has 0 fully saturated rings. The van der Waals surface area contributed by atoms with Crippen LogP contribution in [0.15, 0.2) is 30.3 Å². The highest BCUT2D eigenvalue weighted by Gasteiger charge is 2.33. The molecule has 0 unspecified atom stereocenters. The van der Waals surface area contributed by atoms with Crippen LogP contribution in [0.5, 0.6) is 11.5 Å². The van der Waals surface area contributed by atoms with E-state index < -0.39 is 76.5 Å². The molecule has 0 heterocycles. The number of aromatic carboxylic acids is 1. The lowest BCUT2D eigenvalue weighted by atomic mass is 9.99. The molecule has 0 saturated carbocycles. The number of phenolic OH excluding ortho intramolecular Hbond substituents is 1. The molecule has 4 N–H and O–H groups in total. The Balaban J connectivity index is 2.48. The Morgan fingerprint density at radius 2 is 1.27 bits per heavy atom. The number of ether oxygens (including phenoxy) is 5. The maximum atomic E-state index is 14.2. The molecule has 2 aromatic rings. The van der Waals surface area contributed by atoms with Gasteiger partial charge in [0, 0.05) is 12.1 Å². The molecule has 0 aliphatic heterocycles. The van der Waals surface area contributed by atoms with Crippen molar-refractivity contribution >= 4 is 41.6 Å². The van der Waals surface area contributed by atoms with Gasteiger partial charge in [0.05, 0.1) is 24.2 Å². The van der Waals surface area contributed by atoms with E-state index in [9.17, 15) is 39.0 Å². The van der Waals surface area contributed by atoms with Gasteiger partial charge in [-0.3, -0.25) is 19.7 Å². The van der Waals surface area contributed by atoms with Crippen molar-refractivity contribution in [3.05, 3.63) is 52.6 Å². The van der Waals surface area contributed by atoms with E-state index in [0.717, 1.165) is 0 Å². The standard InChI is InChI=1S/C41H58N2O13/c1-38(2,3)53-30(45)20-16-24-15-19-29(44)33(32(24)34(47)43-28(36(50)55-40(7,8)9)23-31(46)54-39(4,5)6)52-21-13-14-25-22-26(17-18-27(25)35(48)49)42-37(51)56-41(10,11)12/h15,17-19,22,28,44H,13-14,16,20-21,23H2,1-12H3,(H,42,51)(H,43,47)(H,48,49)/t28-/m0/s1. The first-order chi connectivity index (χ1) is 25.5. The summed E-state index contributed by atoms with van der Waals surface area (Å²) in [6.07, 6.45) is -1.16. The Morgan fingerprint density at radius 1 is 0.696 bits per heavy atom. The molecule has 310 valence electrons. The number of phenols is 1. The Morgan fingerprint density at radius 3 is 1.82 bits per heavy atom. The molecule has 1 atom stereocenters. The van der Waals surface area contributed by atoms with Gasteiger partial charge in [0.2, 0.25) is 0 Å². The molecule has 2 rings (SSSR count). The summed E-state index contributed by atoms with van der Waals surface area (Å²) in [5, 5.41) is 26.0. The summed E-state index contributed by atoms with van der Waals surface area (Å²) in [4.78, 5) is 77.4. The number of anilines is 1. The van der Waals surface area contributed by atoms with Gasteiger partial charge < -0.3 is 39.2 Å². The molecule has 0 saturated heterocycles. The second-order valence-corrected chi connectivity index (χ2v) is 17.1. The fourth-order valence-electron chi connectivity index (χ4n) is 5.14. The number of aromatic hydroxyl groups is 1. The number of esters is 3. The molecule has 0 bridgehead atoms. The minimum Gasteiger partial charge on any atom is -0.504 e. The molecule has 2 aromatic carbocycles. The van der Waals surface area contributed by atoms with Crippen molar-refractivity contribution in [2.75, 3.05) is 11.9 Å². The lowest BCUT2D eigenvalue weighted by Crippen LogP contribution is -2.46. The van der Waals surface area contributed by atoms with Gasteiger partial charge in [-0.25, -0.2) is 14.4 Å². The van der Waals surface area contributed by atoms with Crippen molar-refractivity contribution in [2.24, 2.45) is 0 Å². The highest BCUT2D eigenvalue weighted by Crippen LogP contribution is 2.34. The average Bonchev–Trinajstić information content (AvgIpc) is 2.99. The van der Waals surface area contributed by atoms with E-state index >= 15 is 0 Å². The van der Waals surface area contributed by atoms with Crippen LogP contribution in [-0.4, -0.2) is 81.1 Å². The Labute approximate surface area is 328 Å². The number of aryl methyl sites for hydroxylation is 2. The number of benzene rings is 2. The second-order valence-electron chi connectivity index (χ2n) is 17.1. The van der Waals surface area contributed by atoms with E-state index in [2.05, 4.69) is 10.6 Å². The van der Waals surface area contributed by atoms with Gasteiger partial charge in [-0.1, -0.05) is 6.07 Å². The second kappa shape index (κ2) is 19.0. The zero-order valence-corrected chi connectivity index (χ0v) is 34.6. The third-order valence-corrected chi connectivity index (χ3v) is 7.07. The number of rotatable bonds is 15. The summed E-state index contributed by atoms with van der Waals surface area (Å²) in [5.74, 6) is -5.05. The number of carboxylic acids is 1. The lowest BCUT2D eigenvalue weighted by molar-refractivity contribution is -0.164. The summed E-state index contributed by atoms with van der Waals surface area (Å²) < 4.78 is 27.6. The molecule has 0 aromatic heterocycles. The molecule has 0 spiro atoms. The summed E-state index contributed by atoms with van der Waals surface area (Å²) in [5.41, 5.74) is -2.67. The number of carbonyl (C=O) groups is 6. The van der Waals surface area contributed by atoms with E-state index in [4.69, 9.17) is 23.7 Å². The summed E-state index contributed by atoms with van der Waals surface area (Å²) in [6.45, 7) is 20.0. The average molecular weight is 787 g/mol. The minimum absolute atomic E-state index is 0.00929. The SMILES string of the molecule is CC(C)(C)OC(=O)CCc1ccc(O)c(OCCCc2cc(NC(=O)OC(C)(C)C)ccc2C(=O)O)c1C(=O)N[C@@H](CC(=O)OC(C)(C)C)C(=O)OC(C)(C)C. The topological polar surface area (TPSA) is 213 Å². The van der Waals surface area contributed by atoms with Crippen molar-refractivity contribution < 1.29 is 62.7 Å². The Hall–Kier alpha value is -5.34. The third kappa shape index (κ3) is 17.0. The molecule has 15 nitrogen and oxygen atoms in total. The van der Waals surface area contributed by atoms with Crippen molar-refractivity contribution in [1.82, 2.24) is 5.32 Å². The zero-order chi connectivity index (χ0) is 42.8. The highest BCUT2D eigenvalue weighted by molar-refractivity contribution is 6.02. The van der Waals surface area contributed by atoms with E-state index in [1.54, 1.807) is 83.1 Å². The maximum Gasteiger partial charge on any atom is 0.412 e. The van der Waals surface area contributed by atoms with E-state index in [1.165, 1.54) is 30.3 Å². The van der Waals surface area contributed by atoms with Gasteiger partial charge in [0.25, 0.3) is 5.91 Å². The van der Waals surface area contributed by atoms with Gasteiger partial charge in [0.1, 0.15) is 28.4 Å². The minimum atomic E-state index is -1.51. The van der Waals surface area contributed by atoms with E-state index in [-0.39, 0.29) is 54.7 Å². The van der Waals surface area contributed by atoms with Gasteiger partial charge in [-0.15, -0.1) is 0 Å². The number of hydrogen-bond acceptors (Lipinski definition) is 12. The van der Waals surface area contributed by atoms with Crippen LogP contribution < -0.4 is 15.4 Å². The summed E-state index contributed by atoms with van der Waals surface area (Å²) in [7, 11) is 0. The number of nitrogens with one attached hydrogen (secondary N) is 2. The van der Waals surface area contributed by atoms with Gasteiger partial charge in [-0.05, 0) is 138 Å². The van der Waals surface area contributed by atoms with Crippen molar-refractivity contribution in [2.45, 2.75) is 144 Å². The molecular weight excluding hydrogens is 728 g/mol. The Bertz CT molecular complexity index is 1760. The predicted molar refractivity (Wildman–Crippen MR) is 207 cm³/mol. The maximum absolute atomic E-state index is 14.2.